The first-order valence-corrected chi connectivity index (χ1v) is 2.77. The molecular weight excluding hydrogens is 142 g/mol. The quantitative estimate of drug-likeness (QED) is 0.373. The minimum atomic E-state index is -1.10. The molecule has 0 atom stereocenters. The van der Waals surface area contributed by atoms with Crippen molar-refractivity contribution in [1.82, 2.24) is 0 Å². The standard InChI is InChI=1S/C8H7NO2/c1-6(5-9)3-4-7(2)8(10)11/h3-4H,1-2H2,(H,10,11)/b4-3-. The van der Waals surface area contributed by atoms with E-state index in [1.807, 2.05) is 0 Å². The molecule has 3 nitrogen and oxygen atoms in total. The van der Waals surface area contributed by atoms with Crippen molar-refractivity contribution in [3.8, 4) is 6.07 Å². The van der Waals surface area contributed by atoms with Crippen molar-refractivity contribution < 1.29 is 9.90 Å². The van der Waals surface area contributed by atoms with Crippen LogP contribution in [0.25, 0.3) is 0 Å². The van der Waals surface area contributed by atoms with E-state index in [0.717, 1.165) is 0 Å². The molecule has 0 radical (unpaired) electrons. The molecule has 0 aliphatic heterocycles. The molecule has 0 fully saturated rings. The van der Waals surface area contributed by atoms with Gasteiger partial charge in [-0.2, -0.15) is 5.26 Å². The van der Waals surface area contributed by atoms with E-state index in [9.17, 15) is 4.79 Å². The molecule has 11 heavy (non-hydrogen) atoms. The molecule has 0 unspecified atom stereocenters. The maximum Gasteiger partial charge on any atom is 0.335 e. The highest BCUT2D eigenvalue weighted by molar-refractivity contribution is 5.89. The molecule has 0 spiro atoms. The molecular formula is C8H7NO2. The van der Waals surface area contributed by atoms with Crippen LogP contribution in [-0.4, -0.2) is 11.1 Å². The van der Waals surface area contributed by atoms with Crippen LogP contribution in [0.4, 0.5) is 0 Å². The van der Waals surface area contributed by atoms with Crippen LogP contribution >= 0.6 is 0 Å². The van der Waals surface area contributed by atoms with E-state index in [2.05, 4.69) is 13.2 Å². The van der Waals surface area contributed by atoms with Gasteiger partial charge in [-0.05, 0) is 12.2 Å². The fourth-order valence-corrected chi connectivity index (χ4v) is 0.310. The predicted molar refractivity (Wildman–Crippen MR) is 40.7 cm³/mol. The van der Waals surface area contributed by atoms with Gasteiger partial charge in [-0.1, -0.05) is 13.2 Å². The molecule has 0 bridgehead atoms. The summed E-state index contributed by atoms with van der Waals surface area (Å²) in [5.41, 5.74) is 0.133. The smallest absolute Gasteiger partial charge is 0.335 e. The summed E-state index contributed by atoms with van der Waals surface area (Å²) in [5.74, 6) is -1.10. The molecule has 56 valence electrons. The lowest BCUT2D eigenvalue weighted by atomic mass is 10.2. The maximum atomic E-state index is 10.1. The third-order valence-electron chi connectivity index (χ3n) is 0.904. The molecule has 0 aliphatic carbocycles. The normalized spacial score (nSPS) is 9.00. The Hall–Kier alpha value is -1.82. The van der Waals surface area contributed by atoms with Crippen molar-refractivity contribution in [2.75, 3.05) is 0 Å². The van der Waals surface area contributed by atoms with Gasteiger partial charge in [0.25, 0.3) is 0 Å². The highest BCUT2D eigenvalue weighted by Crippen LogP contribution is 1.96. The SMILES string of the molecule is C=C(C#N)/C=C\C(=C)C(=O)O. The van der Waals surface area contributed by atoms with Crippen LogP contribution in [0.2, 0.25) is 0 Å². The molecule has 0 amide bonds. The summed E-state index contributed by atoms with van der Waals surface area (Å²) in [5, 5.41) is 16.5. The minimum Gasteiger partial charge on any atom is -0.478 e. The van der Waals surface area contributed by atoms with Crippen LogP contribution < -0.4 is 0 Å². The second-order valence-electron chi connectivity index (χ2n) is 1.80. The van der Waals surface area contributed by atoms with Gasteiger partial charge in [0.15, 0.2) is 0 Å². The molecule has 1 N–H and O–H groups in total. The minimum absolute atomic E-state index is 0.0681. The Morgan fingerprint density at radius 3 is 2.36 bits per heavy atom. The molecule has 0 aromatic heterocycles. The largest absolute Gasteiger partial charge is 0.478 e. The van der Waals surface area contributed by atoms with Crippen molar-refractivity contribution in [2.24, 2.45) is 0 Å². The molecule has 0 heterocycles. The second kappa shape index (κ2) is 4.07. The summed E-state index contributed by atoms with van der Waals surface area (Å²) in [6.45, 7) is 6.55. The van der Waals surface area contributed by atoms with Gasteiger partial charge in [0.05, 0.1) is 11.6 Å². The topological polar surface area (TPSA) is 61.1 Å². The van der Waals surface area contributed by atoms with Crippen LogP contribution in [0.1, 0.15) is 0 Å². The molecule has 0 aromatic carbocycles. The lowest BCUT2D eigenvalue weighted by Gasteiger charge is -1.87. The van der Waals surface area contributed by atoms with Crippen molar-refractivity contribution in [2.45, 2.75) is 0 Å². The molecule has 0 saturated carbocycles. The van der Waals surface area contributed by atoms with Gasteiger partial charge < -0.3 is 5.11 Å². The third-order valence-corrected chi connectivity index (χ3v) is 0.904. The zero-order chi connectivity index (χ0) is 8.85. The Morgan fingerprint density at radius 2 is 2.00 bits per heavy atom. The van der Waals surface area contributed by atoms with E-state index < -0.39 is 5.97 Å². The van der Waals surface area contributed by atoms with Gasteiger partial charge in [-0.15, -0.1) is 0 Å². The molecule has 0 rings (SSSR count). The number of carboxylic acids is 1. The van der Waals surface area contributed by atoms with Crippen molar-refractivity contribution in [3.05, 3.63) is 36.5 Å². The Bertz CT molecular complexity index is 268. The fourth-order valence-electron chi connectivity index (χ4n) is 0.310. The summed E-state index contributed by atoms with van der Waals surface area (Å²) < 4.78 is 0. The lowest BCUT2D eigenvalue weighted by Crippen LogP contribution is -1.94. The number of rotatable bonds is 3. The maximum absolute atomic E-state index is 10.1. The first-order chi connectivity index (χ1) is 5.07. The number of carbonyl (C=O) groups is 1. The van der Waals surface area contributed by atoms with E-state index in [1.165, 1.54) is 12.2 Å². The Balaban J connectivity index is 4.18. The van der Waals surface area contributed by atoms with Crippen LogP contribution in [0.3, 0.4) is 0 Å². The van der Waals surface area contributed by atoms with Gasteiger partial charge in [0.1, 0.15) is 0 Å². The van der Waals surface area contributed by atoms with Crippen molar-refractivity contribution in [3.63, 3.8) is 0 Å². The number of carboxylic acid groups (broad SMARTS) is 1. The summed E-state index contributed by atoms with van der Waals surface area (Å²) in [4.78, 5) is 10.1. The van der Waals surface area contributed by atoms with E-state index in [0.29, 0.717) is 0 Å². The van der Waals surface area contributed by atoms with Crippen LogP contribution in [-0.2, 0) is 4.79 Å². The molecule has 0 aromatic rings. The van der Waals surface area contributed by atoms with Crippen molar-refractivity contribution in [1.29, 1.82) is 5.26 Å². The first-order valence-electron chi connectivity index (χ1n) is 2.77. The lowest BCUT2D eigenvalue weighted by molar-refractivity contribution is -0.132. The molecule has 0 aliphatic rings. The Morgan fingerprint density at radius 1 is 1.45 bits per heavy atom. The zero-order valence-corrected chi connectivity index (χ0v) is 5.87. The number of nitrogens with zero attached hydrogens (tertiary/aromatic N) is 1. The number of aliphatic carboxylic acids is 1. The van der Waals surface area contributed by atoms with Gasteiger partial charge >= 0.3 is 5.97 Å². The van der Waals surface area contributed by atoms with Crippen molar-refractivity contribution >= 4 is 5.97 Å². The number of nitriles is 1. The van der Waals surface area contributed by atoms with E-state index in [4.69, 9.17) is 10.4 Å². The van der Waals surface area contributed by atoms with E-state index >= 15 is 0 Å². The summed E-state index contributed by atoms with van der Waals surface area (Å²) >= 11 is 0. The number of hydrogen-bond acceptors (Lipinski definition) is 2. The highest BCUT2D eigenvalue weighted by Gasteiger charge is 1.96. The van der Waals surface area contributed by atoms with Gasteiger partial charge in [-0.3, -0.25) is 0 Å². The summed E-state index contributed by atoms with van der Waals surface area (Å²) in [6, 6.07) is 1.74. The molecule has 0 saturated heterocycles. The average molecular weight is 149 g/mol. The monoisotopic (exact) mass is 149 g/mol. The average Bonchev–Trinajstić information content (AvgIpc) is 1.99. The highest BCUT2D eigenvalue weighted by atomic mass is 16.4. The Kier molecular flexibility index (Phi) is 3.40. The van der Waals surface area contributed by atoms with Gasteiger partial charge in [-0.25, -0.2) is 4.79 Å². The van der Waals surface area contributed by atoms with Gasteiger partial charge in [0, 0.05) is 5.57 Å². The number of hydrogen-bond donors (Lipinski definition) is 1. The third kappa shape index (κ3) is 3.71. The fraction of sp³-hybridized carbons (Fsp3) is 0. The predicted octanol–water partition coefficient (Wildman–Crippen LogP) is 1.26. The second-order valence-corrected chi connectivity index (χ2v) is 1.80. The summed E-state index contributed by atoms with van der Waals surface area (Å²) in [7, 11) is 0. The Labute approximate surface area is 64.6 Å². The zero-order valence-electron chi connectivity index (χ0n) is 5.87. The van der Waals surface area contributed by atoms with Crippen LogP contribution in [0.5, 0.6) is 0 Å². The van der Waals surface area contributed by atoms with Gasteiger partial charge in [0.2, 0.25) is 0 Å². The van der Waals surface area contributed by atoms with Crippen LogP contribution in [0.15, 0.2) is 36.5 Å². The summed E-state index contributed by atoms with van der Waals surface area (Å²) in [6.07, 6.45) is 2.53. The van der Waals surface area contributed by atoms with Crippen LogP contribution in [0, 0.1) is 11.3 Å². The first kappa shape index (κ1) is 9.18. The number of allylic oxidation sites excluding steroid dienone is 2. The van der Waals surface area contributed by atoms with E-state index in [1.54, 1.807) is 6.07 Å². The molecule has 3 heteroatoms. The van der Waals surface area contributed by atoms with E-state index in [-0.39, 0.29) is 11.1 Å².